The minimum Gasteiger partial charge on any atom is -1.00 e. The van der Waals surface area contributed by atoms with Gasteiger partial charge in [-0.05, 0) is 0 Å². The van der Waals surface area contributed by atoms with Crippen LogP contribution in [0.1, 0.15) is 33.4 Å². The molecule has 4 heteroatoms. The second-order valence-corrected chi connectivity index (χ2v) is 6.46. The molecular weight excluding hydrogens is 406 g/mol. The number of hydrogen-bond acceptors (Lipinski definition) is 0. The fourth-order valence-corrected chi connectivity index (χ4v) is 1.85. The molecule has 0 fully saturated rings. The Morgan fingerprint density at radius 2 is 1.36 bits per heavy atom. The van der Waals surface area contributed by atoms with Crippen molar-refractivity contribution in [1.29, 1.82) is 0 Å². The Labute approximate surface area is 172 Å². The van der Waals surface area contributed by atoms with Gasteiger partial charge in [0.05, 0.1) is 0 Å². The molecule has 0 saturated heterocycles. The molecule has 123 valence electrons. The van der Waals surface area contributed by atoms with Crippen LogP contribution in [-0.4, -0.2) is 9.52 Å². The van der Waals surface area contributed by atoms with E-state index >= 15 is 0 Å². The van der Waals surface area contributed by atoms with E-state index in [9.17, 15) is 0 Å². The molecule has 0 atom stereocenters. The maximum absolute atomic E-state index is 2.24. The maximum atomic E-state index is 2.24. The zero-order valence-corrected chi connectivity index (χ0v) is 20.3. The Balaban J connectivity index is -0.000000114. The van der Waals surface area contributed by atoms with Gasteiger partial charge in [-0.3, -0.25) is 0 Å². The Hall–Kier alpha value is 0.380. The Morgan fingerprint density at radius 1 is 0.909 bits per heavy atom. The monoisotopic (exact) mass is 433 g/mol. The summed E-state index contributed by atoms with van der Waals surface area (Å²) in [6.45, 7) is 17.3. The van der Waals surface area contributed by atoms with Gasteiger partial charge in [-0.25, -0.2) is 11.6 Å². The molecule has 0 bridgehead atoms. The molecule has 0 saturated carbocycles. The van der Waals surface area contributed by atoms with E-state index in [0.717, 1.165) is 9.52 Å². The molecule has 0 aliphatic rings. The molecule has 0 unspecified atom stereocenters. The van der Waals surface area contributed by atoms with Gasteiger partial charge in [-0.15, -0.1) is 0 Å². The fourth-order valence-electron chi connectivity index (χ4n) is 1.85. The van der Waals surface area contributed by atoms with Gasteiger partial charge < -0.3 is 24.8 Å². The molecule has 0 heterocycles. The third-order valence-electron chi connectivity index (χ3n) is 3.24. The first-order valence-electron chi connectivity index (χ1n) is 6.97. The minimum absolute atomic E-state index is 0. The normalized spacial score (nSPS) is 8.00. The summed E-state index contributed by atoms with van der Waals surface area (Å²) in [5.74, 6) is 0. The molecule has 2 aromatic carbocycles. The van der Waals surface area contributed by atoms with Gasteiger partial charge in [0.2, 0.25) is 0 Å². The van der Waals surface area contributed by atoms with Crippen molar-refractivity contribution in [2.24, 2.45) is 0 Å². The fraction of sp³-hybridized carbons (Fsp3) is 0.444. The zero-order valence-electron chi connectivity index (χ0n) is 15.1. The molecule has 0 aliphatic carbocycles. The summed E-state index contributed by atoms with van der Waals surface area (Å²) in [6, 6.07) is 8.65. The summed E-state index contributed by atoms with van der Waals surface area (Å²) >= 11 is 0. The first-order chi connectivity index (χ1) is 8.83. The van der Waals surface area contributed by atoms with E-state index in [0.29, 0.717) is 0 Å². The van der Waals surface area contributed by atoms with E-state index in [4.69, 9.17) is 0 Å². The third kappa shape index (κ3) is 11.9. The van der Waals surface area contributed by atoms with Gasteiger partial charge in [0.1, 0.15) is 0 Å². The first-order valence-corrected chi connectivity index (χ1v) is 9.28. The SMILES string of the molecule is C[SiH]C.Cc1c[c-](C)c(C)c1C.Cc1cc[c-](C)c1.[Cl-].[Cl-].[Zr+4]. The molecule has 0 aromatic heterocycles. The van der Waals surface area contributed by atoms with Crippen molar-refractivity contribution in [3.8, 4) is 0 Å². The van der Waals surface area contributed by atoms with Gasteiger partial charge in [-0.2, -0.15) is 46.0 Å². The predicted octanol–water partition coefficient (Wildman–Crippen LogP) is -0.814. The average molecular weight is 436 g/mol. The summed E-state index contributed by atoms with van der Waals surface area (Å²) in [4.78, 5) is 0. The van der Waals surface area contributed by atoms with E-state index < -0.39 is 0 Å². The standard InChI is InChI=1S/C9H13.C7H9.C2H7Si.2ClH.Zr/c1-6-5-7(2)9(4)8(6)3;1-6-3-4-7(2)5-6;1-3-2;;;/h5H,1-4H3;3-5H,1-2H3;3H,1-2H3;2*1H;/q2*-1;;;;+4/p-2. The smallest absolute Gasteiger partial charge is 1.00 e. The van der Waals surface area contributed by atoms with Crippen LogP contribution < -0.4 is 24.8 Å². The summed E-state index contributed by atoms with van der Waals surface area (Å²) in [5.41, 5.74) is 8.46. The molecule has 0 amide bonds. The quantitative estimate of drug-likeness (QED) is 0.375. The molecule has 0 spiro atoms. The summed E-state index contributed by atoms with van der Waals surface area (Å²) in [7, 11) is 0.750. The summed E-state index contributed by atoms with van der Waals surface area (Å²) in [5, 5.41) is 0. The first kappa shape index (κ1) is 30.3. The second-order valence-electron chi connectivity index (χ2n) is 5.30. The van der Waals surface area contributed by atoms with Gasteiger partial charge in [0.15, 0.2) is 0 Å². The van der Waals surface area contributed by atoms with Crippen LogP contribution in [0.25, 0.3) is 0 Å². The van der Waals surface area contributed by atoms with Crippen LogP contribution in [0.5, 0.6) is 0 Å². The van der Waals surface area contributed by atoms with Crippen LogP contribution in [0.15, 0.2) is 24.3 Å². The Morgan fingerprint density at radius 3 is 1.45 bits per heavy atom. The van der Waals surface area contributed by atoms with Crippen molar-refractivity contribution in [2.75, 3.05) is 0 Å². The van der Waals surface area contributed by atoms with Crippen molar-refractivity contribution in [3.05, 3.63) is 57.6 Å². The predicted molar refractivity (Wildman–Crippen MR) is 91.4 cm³/mol. The largest absolute Gasteiger partial charge is 4.00 e. The van der Waals surface area contributed by atoms with Crippen molar-refractivity contribution in [1.82, 2.24) is 0 Å². The van der Waals surface area contributed by atoms with Crippen LogP contribution in [0.2, 0.25) is 13.1 Å². The zero-order chi connectivity index (χ0) is 15.0. The average Bonchev–Trinajstić information content (AvgIpc) is 2.81. The van der Waals surface area contributed by atoms with Crippen molar-refractivity contribution >= 4 is 9.52 Å². The minimum atomic E-state index is 0. The molecule has 0 aliphatic heterocycles. The number of halogens is 2. The number of hydrogen-bond donors (Lipinski definition) is 0. The summed E-state index contributed by atoms with van der Waals surface area (Å²) < 4.78 is 0. The maximum Gasteiger partial charge on any atom is 4.00 e. The molecule has 0 nitrogen and oxygen atoms in total. The molecule has 2 aromatic rings. The second kappa shape index (κ2) is 16.2. The molecule has 1 radical (unpaired) electrons. The van der Waals surface area contributed by atoms with Crippen LogP contribution in [0.4, 0.5) is 0 Å². The number of aryl methyl sites for hydroxylation is 4. The molecule has 2 rings (SSSR count). The Kier molecular flexibility index (Phi) is 22.4. The van der Waals surface area contributed by atoms with Crippen LogP contribution in [0.3, 0.4) is 0 Å². The van der Waals surface area contributed by atoms with E-state index in [1.165, 1.54) is 33.4 Å². The van der Waals surface area contributed by atoms with Gasteiger partial charge in [0, 0.05) is 9.52 Å². The van der Waals surface area contributed by atoms with E-state index in [1.807, 2.05) is 0 Å². The van der Waals surface area contributed by atoms with E-state index in [2.05, 4.69) is 78.9 Å². The molecule has 22 heavy (non-hydrogen) atoms. The molecular formula is C18H29Cl2SiZr. The van der Waals surface area contributed by atoms with Gasteiger partial charge in [-0.1, -0.05) is 54.6 Å². The molecule has 0 N–H and O–H groups in total. The van der Waals surface area contributed by atoms with Crippen LogP contribution in [0, 0.1) is 41.5 Å². The number of rotatable bonds is 0. The van der Waals surface area contributed by atoms with Gasteiger partial charge in [0.25, 0.3) is 0 Å². The van der Waals surface area contributed by atoms with Crippen molar-refractivity contribution < 1.29 is 51.0 Å². The van der Waals surface area contributed by atoms with Crippen LogP contribution in [-0.2, 0) is 26.2 Å². The van der Waals surface area contributed by atoms with Crippen molar-refractivity contribution in [2.45, 2.75) is 54.6 Å². The van der Waals surface area contributed by atoms with E-state index in [1.54, 1.807) is 0 Å². The van der Waals surface area contributed by atoms with Crippen LogP contribution >= 0.6 is 0 Å². The topological polar surface area (TPSA) is 0 Å². The van der Waals surface area contributed by atoms with Crippen molar-refractivity contribution in [3.63, 3.8) is 0 Å². The third-order valence-corrected chi connectivity index (χ3v) is 3.24. The van der Waals surface area contributed by atoms with E-state index in [-0.39, 0.29) is 51.0 Å². The van der Waals surface area contributed by atoms with Gasteiger partial charge >= 0.3 is 26.2 Å². The Bertz CT molecular complexity index is 448. The summed E-state index contributed by atoms with van der Waals surface area (Å²) in [6.07, 6.45) is 0.